The maximum Gasteiger partial charge on any atom is 0.311 e. The Morgan fingerprint density at radius 3 is 2.64 bits per heavy atom. The van der Waals surface area contributed by atoms with Crippen molar-refractivity contribution in [3.8, 4) is 17.1 Å². The van der Waals surface area contributed by atoms with Gasteiger partial charge >= 0.3 is 5.69 Å². The topological polar surface area (TPSA) is 112 Å². The third-order valence-corrected chi connectivity index (χ3v) is 4.16. The van der Waals surface area contributed by atoms with Crippen LogP contribution in [0.25, 0.3) is 11.4 Å². The van der Waals surface area contributed by atoms with Gasteiger partial charge in [0.1, 0.15) is 0 Å². The molecule has 0 radical (unpaired) electrons. The summed E-state index contributed by atoms with van der Waals surface area (Å²) in [4.78, 5) is 28.7. The first kappa shape index (κ1) is 19.3. The van der Waals surface area contributed by atoms with Gasteiger partial charge in [0.25, 0.3) is 5.91 Å². The second kappa shape index (κ2) is 8.05. The molecule has 0 aliphatic heterocycles. The van der Waals surface area contributed by atoms with Crippen LogP contribution in [-0.2, 0) is 6.54 Å². The molecule has 0 aliphatic rings. The number of aromatic nitrogens is 2. The van der Waals surface area contributed by atoms with Crippen LogP contribution in [-0.4, -0.2) is 40.0 Å². The minimum Gasteiger partial charge on any atom is -0.490 e. The summed E-state index contributed by atoms with van der Waals surface area (Å²) in [6.45, 7) is 0.0409. The average molecular weight is 403 g/mol. The highest BCUT2D eigenvalue weighted by atomic mass is 35.5. The smallest absolute Gasteiger partial charge is 0.311 e. The fraction of sp³-hybridized carbons (Fsp3) is 0.167. The van der Waals surface area contributed by atoms with E-state index in [4.69, 9.17) is 20.9 Å². The lowest BCUT2D eigenvalue weighted by molar-refractivity contribution is -0.385. The second-order valence-electron chi connectivity index (χ2n) is 5.82. The SMILES string of the molecule is COc1ccc(C(=O)N(C)Cc2nc(-c3ccc(Cl)cc3)no2)cc1[N+](=O)[O-]. The van der Waals surface area contributed by atoms with Gasteiger partial charge in [-0.3, -0.25) is 14.9 Å². The van der Waals surface area contributed by atoms with Gasteiger partial charge in [-0.25, -0.2) is 0 Å². The zero-order valence-corrected chi connectivity index (χ0v) is 15.7. The van der Waals surface area contributed by atoms with Crippen molar-refractivity contribution in [1.29, 1.82) is 0 Å². The van der Waals surface area contributed by atoms with E-state index in [1.807, 2.05) is 0 Å². The van der Waals surface area contributed by atoms with E-state index in [1.165, 1.54) is 37.3 Å². The summed E-state index contributed by atoms with van der Waals surface area (Å²) < 4.78 is 10.1. The number of nitro groups is 1. The molecule has 0 saturated carbocycles. The van der Waals surface area contributed by atoms with Crippen LogP contribution < -0.4 is 4.74 Å². The van der Waals surface area contributed by atoms with Gasteiger partial charge in [-0.05, 0) is 36.4 Å². The zero-order valence-electron chi connectivity index (χ0n) is 15.0. The van der Waals surface area contributed by atoms with Crippen LogP contribution >= 0.6 is 11.6 Å². The largest absolute Gasteiger partial charge is 0.490 e. The van der Waals surface area contributed by atoms with Crippen LogP contribution in [0.2, 0.25) is 5.02 Å². The predicted molar refractivity (Wildman–Crippen MR) is 100 cm³/mol. The summed E-state index contributed by atoms with van der Waals surface area (Å²) in [7, 11) is 2.86. The van der Waals surface area contributed by atoms with Gasteiger partial charge < -0.3 is 14.2 Å². The third-order valence-electron chi connectivity index (χ3n) is 3.91. The van der Waals surface area contributed by atoms with E-state index in [9.17, 15) is 14.9 Å². The fourth-order valence-corrected chi connectivity index (χ4v) is 2.62. The van der Waals surface area contributed by atoms with Crippen LogP contribution in [0.3, 0.4) is 0 Å². The second-order valence-corrected chi connectivity index (χ2v) is 6.26. The molecular weight excluding hydrogens is 388 g/mol. The van der Waals surface area contributed by atoms with Gasteiger partial charge in [0.2, 0.25) is 11.7 Å². The molecule has 3 aromatic rings. The third kappa shape index (κ3) is 4.09. The van der Waals surface area contributed by atoms with Crippen molar-refractivity contribution in [2.75, 3.05) is 14.2 Å². The number of carbonyl (C=O) groups excluding carboxylic acids is 1. The molecule has 1 amide bonds. The Bertz CT molecular complexity index is 1020. The number of methoxy groups -OCH3 is 1. The number of rotatable bonds is 6. The number of ether oxygens (including phenoxy) is 1. The van der Waals surface area contributed by atoms with Crippen molar-refractivity contribution in [2.45, 2.75) is 6.54 Å². The first-order valence-corrected chi connectivity index (χ1v) is 8.43. The van der Waals surface area contributed by atoms with Gasteiger partial charge in [0.15, 0.2) is 5.75 Å². The average Bonchev–Trinajstić information content (AvgIpc) is 3.15. The van der Waals surface area contributed by atoms with Crippen LogP contribution in [0.15, 0.2) is 47.0 Å². The highest BCUT2D eigenvalue weighted by Gasteiger charge is 2.21. The van der Waals surface area contributed by atoms with Crippen molar-refractivity contribution >= 4 is 23.2 Å². The molecule has 1 aromatic heterocycles. The molecule has 0 unspecified atom stereocenters. The molecule has 0 saturated heterocycles. The Morgan fingerprint density at radius 2 is 2.00 bits per heavy atom. The summed E-state index contributed by atoms with van der Waals surface area (Å²) in [5.41, 5.74) is 0.580. The van der Waals surface area contributed by atoms with Crippen molar-refractivity contribution in [1.82, 2.24) is 15.0 Å². The van der Waals surface area contributed by atoms with Crippen LogP contribution in [0.5, 0.6) is 5.75 Å². The number of benzene rings is 2. The molecule has 0 fully saturated rings. The minimum absolute atomic E-state index is 0.0409. The standard InChI is InChI=1S/C18H15ClN4O5/c1-22(18(24)12-5-8-15(27-2)14(9-12)23(25)26)10-16-20-17(21-28-16)11-3-6-13(19)7-4-11/h3-9H,10H2,1-2H3. The molecule has 9 nitrogen and oxygen atoms in total. The normalized spacial score (nSPS) is 10.5. The van der Waals surface area contributed by atoms with E-state index in [0.29, 0.717) is 10.8 Å². The van der Waals surface area contributed by atoms with Crippen LogP contribution in [0, 0.1) is 10.1 Å². The molecule has 0 aliphatic carbocycles. The number of nitro benzene ring substituents is 1. The molecule has 144 valence electrons. The van der Waals surface area contributed by atoms with Gasteiger partial charge in [0, 0.05) is 29.3 Å². The zero-order chi connectivity index (χ0) is 20.3. The maximum atomic E-state index is 12.6. The Morgan fingerprint density at radius 1 is 1.29 bits per heavy atom. The first-order valence-electron chi connectivity index (χ1n) is 8.05. The lowest BCUT2D eigenvalue weighted by atomic mass is 10.1. The van der Waals surface area contributed by atoms with E-state index in [1.54, 1.807) is 24.3 Å². The summed E-state index contributed by atoms with van der Waals surface area (Å²) >= 11 is 5.86. The lowest BCUT2D eigenvalue weighted by Crippen LogP contribution is -2.26. The van der Waals surface area contributed by atoms with E-state index in [2.05, 4.69) is 10.1 Å². The predicted octanol–water partition coefficient (Wildman–Crippen LogP) is 3.58. The molecule has 0 N–H and O–H groups in total. The lowest BCUT2D eigenvalue weighted by Gasteiger charge is -2.15. The number of carbonyl (C=O) groups is 1. The van der Waals surface area contributed by atoms with Gasteiger partial charge in [-0.1, -0.05) is 16.8 Å². The highest BCUT2D eigenvalue weighted by molar-refractivity contribution is 6.30. The number of hydrogen-bond donors (Lipinski definition) is 0. The number of amides is 1. The molecule has 0 spiro atoms. The Kier molecular flexibility index (Phi) is 5.55. The molecular formula is C18H15ClN4O5. The number of hydrogen-bond acceptors (Lipinski definition) is 7. The summed E-state index contributed by atoms with van der Waals surface area (Å²) in [5.74, 6) is 0.238. The maximum absolute atomic E-state index is 12.6. The van der Waals surface area contributed by atoms with Crippen molar-refractivity contribution in [2.24, 2.45) is 0 Å². The highest BCUT2D eigenvalue weighted by Crippen LogP contribution is 2.28. The van der Waals surface area contributed by atoms with Gasteiger partial charge in [0.05, 0.1) is 18.6 Å². The van der Waals surface area contributed by atoms with Crippen LogP contribution in [0.4, 0.5) is 5.69 Å². The molecule has 2 aromatic carbocycles. The van der Waals surface area contributed by atoms with Gasteiger partial charge in [-0.15, -0.1) is 0 Å². The van der Waals surface area contributed by atoms with Crippen molar-refractivity contribution in [3.05, 3.63) is 69.1 Å². The monoisotopic (exact) mass is 402 g/mol. The molecule has 0 atom stereocenters. The Labute approximate surface area is 164 Å². The van der Waals surface area contributed by atoms with E-state index >= 15 is 0 Å². The van der Waals surface area contributed by atoms with E-state index in [-0.39, 0.29) is 29.4 Å². The molecule has 28 heavy (non-hydrogen) atoms. The van der Waals surface area contributed by atoms with Crippen molar-refractivity contribution in [3.63, 3.8) is 0 Å². The fourth-order valence-electron chi connectivity index (χ4n) is 2.50. The quantitative estimate of drug-likeness (QED) is 0.457. The molecule has 0 bridgehead atoms. The van der Waals surface area contributed by atoms with Crippen LogP contribution in [0.1, 0.15) is 16.2 Å². The van der Waals surface area contributed by atoms with Gasteiger partial charge in [-0.2, -0.15) is 4.98 Å². The van der Waals surface area contributed by atoms with E-state index < -0.39 is 10.8 Å². The molecule has 1 heterocycles. The van der Waals surface area contributed by atoms with Crippen molar-refractivity contribution < 1.29 is 19.0 Å². The number of halogens is 1. The molecule has 3 rings (SSSR count). The van der Waals surface area contributed by atoms with E-state index in [0.717, 1.165) is 5.56 Å². The summed E-state index contributed by atoms with van der Waals surface area (Å²) in [6.07, 6.45) is 0. The Balaban J connectivity index is 1.75. The first-order chi connectivity index (χ1) is 13.4. The Hall–Kier alpha value is -3.46. The number of nitrogens with zero attached hydrogens (tertiary/aromatic N) is 4. The minimum atomic E-state index is -0.605. The summed E-state index contributed by atoms with van der Waals surface area (Å²) in [6, 6.07) is 10.9. The summed E-state index contributed by atoms with van der Waals surface area (Å²) in [5, 5.41) is 15.6. The molecule has 10 heteroatoms.